The second kappa shape index (κ2) is 5.45. The van der Waals surface area contributed by atoms with Crippen LogP contribution in [0, 0.1) is 0 Å². The van der Waals surface area contributed by atoms with Crippen LogP contribution in [0.3, 0.4) is 0 Å². The number of hydrogen-bond donors (Lipinski definition) is 2. The molecule has 0 aliphatic rings. The number of carbonyl (C=O) groups is 1. The molecule has 0 saturated heterocycles. The van der Waals surface area contributed by atoms with Crippen molar-refractivity contribution in [3.63, 3.8) is 0 Å². The van der Waals surface area contributed by atoms with Crippen LogP contribution < -0.4 is 11.1 Å². The summed E-state index contributed by atoms with van der Waals surface area (Å²) in [6.45, 7) is 3.81. The number of nitrogens with one attached hydrogen (secondary N) is 1. The van der Waals surface area contributed by atoms with E-state index in [0.29, 0.717) is 23.0 Å². The van der Waals surface area contributed by atoms with Crippen molar-refractivity contribution in [3.05, 3.63) is 23.2 Å². The number of carbonyl (C=O) groups excluding carboxylic acids is 1. The normalized spacial score (nSPS) is 11.8. The molecule has 6 heteroatoms. The molecule has 3 N–H and O–H groups in total. The van der Waals surface area contributed by atoms with E-state index in [2.05, 4.69) is 10.3 Å². The van der Waals surface area contributed by atoms with Crippen LogP contribution in [0.15, 0.2) is 18.2 Å². The number of hydrogen-bond acceptors (Lipinski definition) is 4. The summed E-state index contributed by atoms with van der Waals surface area (Å²) in [5.41, 5.74) is 6.03. The maximum absolute atomic E-state index is 12.1. The highest BCUT2D eigenvalue weighted by atomic mass is 35.5. The average Bonchev–Trinajstić information content (AvgIpc) is 2.78. The summed E-state index contributed by atoms with van der Waals surface area (Å²) in [5.74, 6) is -0.192. The van der Waals surface area contributed by atoms with Gasteiger partial charge in [-0.15, -0.1) is 0 Å². The van der Waals surface area contributed by atoms with Crippen LogP contribution in [0.5, 0.6) is 0 Å². The zero-order chi connectivity index (χ0) is 14.0. The average molecular weight is 298 g/mol. The topological polar surface area (TPSA) is 68.0 Å². The SMILES string of the molecule is CCC(N)(CC)C(=O)Nc1nc2ccc(Cl)cc2s1. The molecule has 2 aromatic rings. The largest absolute Gasteiger partial charge is 0.317 e. The first-order valence-corrected chi connectivity index (χ1v) is 7.34. The van der Waals surface area contributed by atoms with E-state index < -0.39 is 5.54 Å². The van der Waals surface area contributed by atoms with Crippen LogP contribution in [0.1, 0.15) is 26.7 Å². The number of benzene rings is 1. The van der Waals surface area contributed by atoms with Gasteiger partial charge in [0.15, 0.2) is 5.13 Å². The van der Waals surface area contributed by atoms with Gasteiger partial charge in [0.1, 0.15) is 0 Å². The molecule has 19 heavy (non-hydrogen) atoms. The molecule has 1 aromatic heterocycles. The second-order valence-corrected chi connectivity index (χ2v) is 5.92. The maximum atomic E-state index is 12.1. The van der Waals surface area contributed by atoms with Crippen molar-refractivity contribution in [1.29, 1.82) is 0 Å². The molecule has 0 radical (unpaired) electrons. The van der Waals surface area contributed by atoms with Gasteiger partial charge >= 0.3 is 0 Å². The van der Waals surface area contributed by atoms with Gasteiger partial charge in [-0.3, -0.25) is 4.79 Å². The molecular formula is C13H16ClN3OS. The minimum absolute atomic E-state index is 0.192. The predicted octanol–water partition coefficient (Wildman–Crippen LogP) is 3.41. The number of halogens is 1. The van der Waals surface area contributed by atoms with Crippen molar-refractivity contribution in [2.45, 2.75) is 32.2 Å². The van der Waals surface area contributed by atoms with Gasteiger partial charge in [0.2, 0.25) is 5.91 Å². The van der Waals surface area contributed by atoms with Crippen molar-refractivity contribution >= 4 is 44.2 Å². The Morgan fingerprint density at radius 1 is 1.47 bits per heavy atom. The Bertz CT molecular complexity index is 607. The minimum atomic E-state index is -0.838. The van der Waals surface area contributed by atoms with Crippen LogP contribution in [-0.2, 0) is 4.79 Å². The molecule has 0 fully saturated rings. The van der Waals surface area contributed by atoms with Crippen molar-refractivity contribution in [1.82, 2.24) is 4.98 Å². The Balaban J connectivity index is 2.24. The number of thiazole rings is 1. The third-order valence-corrected chi connectivity index (χ3v) is 4.45. The Hall–Kier alpha value is -1.17. The second-order valence-electron chi connectivity index (χ2n) is 4.45. The predicted molar refractivity (Wildman–Crippen MR) is 80.8 cm³/mol. The standard InChI is InChI=1S/C13H16ClN3OS/c1-3-13(15,4-2)11(18)17-12-16-9-6-5-8(14)7-10(9)19-12/h5-7H,3-4,15H2,1-2H3,(H,16,17,18). The third kappa shape index (κ3) is 2.88. The van der Waals surface area contributed by atoms with Crippen LogP contribution in [0.4, 0.5) is 5.13 Å². The molecule has 0 unspecified atom stereocenters. The van der Waals surface area contributed by atoms with E-state index in [1.165, 1.54) is 11.3 Å². The number of anilines is 1. The zero-order valence-electron chi connectivity index (χ0n) is 10.9. The quantitative estimate of drug-likeness (QED) is 0.909. The molecule has 1 aromatic carbocycles. The fraction of sp³-hybridized carbons (Fsp3) is 0.385. The van der Waals surface area contributed by atoms with E-state index >= 15 is 0 Å². The van der Waals surface area contributed by atoms with Gasteiger partial charge < -0.3 is 11.1 Å². The maximum Gasteiger partial charge on any atom is 0.246 e. The summed E-state index contributed by atoms with van der Waals surface area (Å²) in [6, 6.07) is 5.44. The van der Waals surface area contributed by atoms with Crippen LogP contribution in [-0.4, -0.2) is 16.4 Å². The van der Waals surface area contributed by atoms with Gasteiger partial charge in [-0.05, 0) is 31.0 Å². The highest BCUT2D eigenvalue weighted by Crippen LogP contribution is 2.29. The van der Waals surface area contributed by atoms with E-state index in [9.17, 15) is 4.79 Å². The van der Waals surface area contributed by atoms with Crippen molar-refractivity contribution in [3.8, 4) is 0 Å². The zero-order valence-corrected chi connectivity index (χ0v) is 12.4. The van der Waals surface area contributed by atoms with E-state index in [1.807, 2.05) is 26.0 Å². The van der Waals surface area contributed by atoms with Crippen molar-refractivity contribution in [2.24, 2.45) is 5.73 Å². The van der Waals surface area contributed by atoms with Crippen molar-refractivity contribution in [2.75, 3.05) is 5.32 Å². The molecule has 2 rings (SSSR count). The number of aromatic nitrogens is 1. The molecular weight excluding hydrogens is 282 g/mol. The fourth-order valence-electron chi connectivity index (χ4n) is 1.74. The summed E-state index contributed by atoms with van der Waals surface area (Å²) in [6.07, 6.45) is 1.18. The number of amides is 1. The van der Waals surface area contributed by atoms with E-state index in [4.69, 9.17) is 17.3 Å². The molecule has 1 amide bonds. The molecule has 0 atom stereocenters. The molecule has 4 nitrogen and oxygen atoms in total. The molecule has 0 aliphatic heterocycles. The Kier molecular flexibility index (Phi) is 4.08. The van der Waals surface area contributed by atoms with Crippen molar-refractivity contribution < 1.29 is 4.79 Å². The van der Waals surface area contributed by atoms with Gasteiger partial charge in [-0.25, -0.2) is 4.98 Å². The Morgan fingerprint density at radius 2 is 2.16 bits per heavy atom. The molecule has 0 bridgehead atoms. The molecule has 0 aliphatic carbocycles. The van der Waals surface area contributed by atoms with Gasteiger partial charge in [0.05, 0.1) is 15.8 Å². The van der Waals surface area contributed by atoms with Crippen LogP contribution in [0.2, 0.25) is 5.02 Å². The van der Waals surface area contributed by atoms with Crippen LogP contribution >= 0.6 is 22.9 Å². The van der Waals surface area contributed by atoms with Gasteiger partial charge in [0, 0.05) is 5.02 Å². The van der Waals surface area contributed by atoms with E-state index in [-0.39, 0.29) is 5.91 Å². The molecule has 0 spiro atoms. The first-order valence-electron chi connectivity index (χ1n) is 6.15. The summed E-state index contributed by atoms with van der Waals surface area (Å²) < 4.78 is 0.943. The lowest BCUT2D eigenvalue weighted by Gasteiger charge is -2.24. The Morgan fingerprint density at radius 3 is 2.79 bits per heavy atom. The summed E-state index contributed by atoms with van der Waals surface area (Å²) in [7, 11) is 0. The summed E-state index contributed by atoms with van der Waals surface area (Å²) in [5, 5.41) is 4.01. The lowest BCUT2D eigenvalue weighted by molar-refractivity contribution is -0.121. The monoisotopic (exact) mass is 297 g/mol. The number of nitrogens with two attached hydrogens (primary N) is 1. The first-order chi connectivity index (χ1) is 8.98. The smallest absolute Gasteiger partial charge is 0.246 e. The fourth-order valence-corrected chi connectivity index (χ4v) is 2.88. The summed E-state index contributed by atoms with van der Waals surface area (Å²) in [4.78, 5) is 16.5. The van der Waals surface area contributed by atoms with Gasteiger partial charge in [0.25, 0.3) is 0 Å². The first kappa shape index (κ1) is 14.2. The van der Waals surface area contributed by atoms with Gasteiger partial charge in [-0.1, -0.05) is 36.8 Å². The highest BCUT2D eigenvalue weighted by Gasteiger charge is 2.30. The third-order valence-electron chi connectivity index (χ3n) is 3.28. The number of rotatable bonds is 4. The van der Waals surface area contributed by atoms with Gasteiger partial charge in [-0.2, -0.15) is 0 Å². The number of nitrogens with zero attached hydrogens (tertiary/aromatic N) is 1. The molecule has 102 valence electrons. The molecule has 1 heterocycles. The number of fused-ring (bicyclic) bond motifs is 1. The highest BCUT2D eigenvalue weighted by molar-refractivity contribution is 7.22. The minimum Gasteiger partial charge on any atom is -0.317 e. The Labute approximate surface area is 121 Å². The van der Waals surface area contributed by atoms with E-state index in [0.717, 1.165) is 10.2 Å². The summed E-state index contributed by atoms with van der Waals surface area (Å²) >= 11 is 7.32. The lowest BCUT2D eigenvalue weighted by Crippen LogP contribution is -2.50. The molecule has 0 saturated carbocycles. The lowest BCUT2D eigenvalue weighted by atomic mass is 9.93. The van der Waals surface area contributed by atoms with E-state index in [1.54, 1.807) is 6.07 Å². The van der Waals surface area contributed by atoms with Crippen LogP contribution in [0.25, 0.3) is 10.2 Å².